The summed E-state index contributed by atoms with van der Waals surface area (Å²) >= 11 is 1.79. The zero-order valence-electron chi connectivity index (χ0n) is 10.3. The lowest BCUT2D eigenvalue weighted by Crippen LogP contribution is -2.36. The van der Waals surface area contributed by atoms with Crippen LogP contribution in [0.15, 0.2) is 35.2 Å². The third-order valence-corrected chi connectivity index (χ3v) is 4.27. The van der Waals surface area contributed by atoms with Gasteiger partial charge in [-0.15, -0.1) is 11.8 Å². The molecule has 0 aromatic carbocycles. The van der Waals surface area contributed by atoms with Gasteiger partial charge >= 0.3 is 0 Å². The zero-order chi connectivity index (χ0) is 11.9. The third kappa shape index (κ3) is 1.88. The highest BCUT2D eigenvalue weighted by molar-refractivity contribution is 8.03. The highest BCUT2D eigenvalue weighted by atomic mass is 32.2. The van der Waals surface area contributed by atoms with Crippen LogP contribution in [-0.2, 0) is 0 Å². The fraction of sp³-hybridized carbons (Fsp3) is 0.538. The maximum Gasteiger partial charge on any atom is 0.195 e. The summed E-state index contributed by atoms with van der Waals surface area (Å²) in [7, 11) is 0. The second-order valence-corrected chi connectivity index (χ2v) is 6.43. The van der Waals surface area contributed by atoms with Crippen molar-refractivity contribution in [3.8, 4) is 0 Å². The van der Waals surface area contributed by atoms with Crippen LogP contribution in [-0.4, -0.2) is 20.8 Å². The predicted octanol–water partition coefficient (Wildman–Crippen LogP) is 3.65. The van der Waals surface area contributed by atoms with Crippen LogP contribution in [0.25, 0.3) is 0 Å². The van der Waals surface area contributed by atoms with Crippen LogP contribution in [0.1, 0.15) is 27.7 Å². The van der Waals surface area contributed by atoms with Crippen molar-refractivity contribution in [1.82, 2.24) is 4.90 Å². The Hall–Kier alpha value is -0.830. The molecule has 0 aromatic rings. The van der Waals surface area contributed by atoms with Crippen LogP contribution in [0.2, 0.25) is 0 Å². The molecule has 0 bridgehead atoms. The van der Waals surface area contributed by atoms with Gasteiger partial charge in [-0.3, -0.25) is 0 Å². The molecular formula is C13H19NOS. The van der Waals surface area contributed by atoms with E-state index in [1.54, 1.807) is 11.8 Å². The summed E-state index contributed by atoms with van der Waals surface area (Å²) in [6.07, 6.45) is 6.23. The van der Waals surface area contributed by atoms with Crippen LogP contribution >= 0.6 is 11.8 Å². The van der Waals surface area contributed by atoms with Crippen molar-refractivity contribution in [2.24, 2.45) is 5.92 Å². The fourth-order valence-electron chi connectivity index (χ4n) is 2.05. The first-order chi connectivity index (χ1) is 7.41. The fourth-order valence-corrected chi connectivity index (χ4v) is 3.11. The van der Waals surface area contributed by atoms with E-state index in [-0.39, 0.29) is 5.54 Å². The van der Waals surface area contributed by atoms with Crippen molar-refractivity contribution < 1.29 is 5.11 Å². The molecule has 0 unspecified atom stereocenters. The number of nitrogens with zero attached hydrogens (tertiary/aromatic N) is 1. The van der Waals surface area contributed by atoms with Crippen LogP contribution < -0.4 is 0 Å². The van der Waals surface area contributed by atoms with Gasteiger partial charge in [0.1, 0.15) is 0 Å². The zero-order valence-corrected chi connectivity index (χ0v) is 11.1. The highest BCUT2D eigenvalue weighted by Gasteiger charge is 2.32. The normalized spacial score (nSPS) is 29.6. The van der Waals surface area contributed by atoms with E-state index in [2.05, 4.69) is 39.2 Å². The second kappa shape index (κ2) is 3.88. The summed E-state index contributed by atoms with van der Waals surface area (Å²) in [5.74, 6) is 0.851. The minimum Gasteiger partial charge on any atom is -0.494 e. The van der Waals surface area contributed by atoms with Crippen molar-refractivity contribution in [1.29, 1.82) is 0 Å². The molecule has 2 aliphatic heterocycles. The Labute approximate surface area is 102 Å². The number of hydrogen-bond donors (Lipinski definition) is 1. The number of allylic oxidation sites excluding steroid dienone is 2. The van der Waals surface area contributed by atoms with E-state index >= 15 is 0 Å². The predicted molar refractivity (Wildman–Crippen MR) is 70.1 cm³/mol. The molecule has 0 spiro atoms. The Bertz CT molecular complexity index is 376. The summed E-state index contributed by atoms with van der Waals surface area (Å²) < 4.78 is 0. The number of thioether (sulfide) groups is 1. The van der Waals surface area contributed by atoms with Crippen molar-refractivity contribution in [2.45, 2.75) is 38.5 Å². The lowest BCUT2D eigenvalue weighted by atomic mass is 10.0. The van der Waals surface area contributed by atoms with Gasteiger partial charge in [-0.1, -0.05) is 13.0 Å². The monoisotopic (exact) mass is 237 g/mol. The van der Waals surface area contributed by atoms with Crippen molar-refractivity contribution >= 4 is 11.8 Å². The van der Waals surface area contributed by atoms with E-state index in [9.17, 15) is 5.11 Å². The molecule has 0 saturated heterocycles. The molecule has 0 aromatic heterocycles. The molecule has 0 saturated carbocycles. The van der Waals surface area contributed by atoms with E-state index in [1.165, 1.54) is 0 Å². The largest absolute Gasteiger partial charge is 0.494 e. The molecule has 88 valence electrons. The molecule has 2 atom stereocenters. The van der Waals surface area contributed by atoms with E-state index in [1.807, 2.05) is 17.2 Å². The summed E-state index contributed by atoms with van der Waals surface area (Å²) in [5, 5.41) is 12.8. The summed E-state index contributed by atoms with van der Waals surface area (Å²) in [6.45, 7) is 8.50. The van der Waals surface area contributed by atoms with Crippen LogP contribution in [0, 0.1) is 5.92 Å². The molecule has 2 rings (SSSR count). The average molecular weight is 237 g/mol. The molecule has 0 aliphatic carbocycles. The van der Waals surface area contributed by atoms with Crippen molar-refractivity contribution in [3.05, 3.63) is 35.2 Å². The first-order valence-corrected chi connectivity index (χ1v) is 6.58. The Morgan fingerprint density at radius 2 is 2.06 bits per heavy atom. The number of rotatable bonds is 0. The van der Waals surface area contributed by atoms with Crippen molar-refractivity contribution in [2.75, 3.05) is 0 Å². The number of aliphatic hydroxyl groups excluding tert-OH is 1. The van der Waals surface area contributed by atoms with Crippen LogP contribution in [0.3, 0.4) is 0 Å². The first kappa shape index (κ1) is 11.6. The van der Waals surface area contributed by atoms with Gasteiger partial charge in [0.15, 0.2) is 5.88 Å². The van der Waals surface area contributed by atoms with Gasteiger partial charge in [0.05, 0.1) is 0 Å². The molecule has 0 amide bonds. The summed E-state index contributed by atoms with van der Waals surface area (Å²) in [6, 6.07) is 0. The Balaban J connectivity index is 2.46. The maximum atomic E-state index is 10.4. The smallest absolute Gasteiger partial charge is 0.195 e. The number of aliphatic hydroxyl groups is 1. The van der Waals surface area contributed by atoms with Gasteiger partial charge in [0.25, 0.3) is 0 Å². The van der Waals surface area contributed by atoms with E-state index in [0.717, 1.165) is 5.57 Å². The number of hydrogen-bond acceptors (Lipinski definition) is 3. The lowest BCUT2D eigenvalue weighted by Gasteiger charge is -2.33. The molecular weight excluding hydrogens is 218 g/mol. The van der Waals surface area contributed by atoms with Gasteiger partial charge < -0.3 is 10.0 Å². The van der Waals surface area contributed by atoms with Gasteiger partial charge in [-0.05, 0) is 38.2 Å². The van der Waals surface area contributed by atoms with Gasteiger partial charge in [0.2, 0.25) is 0 Å². The Morgan fingerprint density at radius 1 is 1.38 bits per heavy atom. The molecule has 2 nitrogen and oxygen atoms in total. The quantitative estimate of drug-likeness (QED) is 0.695. The number of fused-ring (bicyclic) bond motifs is 1. The Morgan fingerprint density at radius 3 is 2.69 bits per heavy atom. The molecule has 16 heavy (non-hydrogen) atoms. The SMILES string of the molecule is C[C@H]1C=CN(C(C)(C)C)C(O)=C2C=CS[C@@H]21. The molecule has 1 N–H and O–H groups in total. The molecule has 2 aliphatic rings. The third-order valence-electron chi connectivity index (χ3n) is 3.00. The Kier molecular flexibility index (Phi) is 2.82. The van der Waals surface area contributed by atoms with E-state index in [0.29, 0.717) is 17.1 Å². The lowest BCUT2D eigenvalue weighted by molar-refractivity contribution is 0.158. The molecule has 3 heteroatoms. The average Bonchev–Trinajstić information content (AvgIpc) is 2.59. The summed E-state index contributed by atoms with van der Waals surface area (Å²) in [4.78, 5) is 1.95. The molecule has 0 radical (unpaired) electrons. The van der Waals surface area contributed by atoms with Crippen LogP contribution in [0.4, 0.5) is 0 Å². The second-order valence-electron chi connectivity index (χ2n) is 5.38. The maximum absolute atomic E-state index is 10.4. The minimum atomic E-state index is -0.0940. The minimum absolute atomic E-state index is 0.0940. The molecule has 2 heterocycles. The van der Waals surface area contributed by atoms with E-state index in [4.69, 9.17) is 0 Å². The van der Waals surface area contributed by atoms with E-state index < -0.39 is 0 Å². The topological polar surface area (TPSA) is 23.5 Å². The van der Waals surface area contributed by atoms with Gasteiger partial charge in [0, 0.05) is 22.6 Å². The van der Waals surface area contributed by atoms with Crippen LogP contribution in [0.5, 0.6) is 0 Å². The molecule has 0 fully saturated rings. The van der Waals surface area contributed by atoms with Gasteiger partial charge in [-0.2, -0.15) is 0 Å². The standard InChI is InChI=1S/C13H19NOS/c1-9-5-7-14(13(2,3)4)12(15)10-6-8-16-11(9)10/h5-9,11,15H,1-4H3/t9-,11+/m0/s1. The van der Waals surface area contributed by atoms with Gasteiger partial charge in [-0.25, -0.2) is 0 Å². The highest BCUT2D eigenvalue weighted by Crippen LogP contribution is 2.40. The first-order valence-electron chi connectivity index (χ1n) is 5.64. The summed E-state index contributed by atoms with van der Waals surface area (Å²) in [5.41, 5.74) is 0.959. The van der Waals surface area contributed by atoms with Crippen molar-refractivity contribution in [3.63, 3.8) is 0 Å².